The molecule has 0 radical (unpaired) electrons. The van der Waals surface area contributed by atoms with Crippen molar-refractivity contribution in [1.29, 1.82) is 0 Å². The lowest BCUT2D eigenvalue weighted by Crippen LogP contribution is -1.96. The normalized spacial score (nSPS) is 11.5. The van der Waals surface area contributed by atoms with Crippen molar-refractivity contribution in [2.45, 2.75) is 4.90 Å². The summed E-state index contributed by atoms with van der Waals surface area (Å²) in [6.45, 7) is 0. The van der Waals surface area contributed by atoms with Crippen LogP contribution in [0.5, 0.6) is 5.75 Å². The van der Waals surface area contributed by atoms with Gasteiger partial charge in [-0.1, -0.05) is 6.07 Å². The Bertz CT molecular complexity index is 999. The molecule has 3 rings (SSSR count). The number of aromatic nitrogens is 2. The van der Waals surface area contributed by atoms with Gasteiger partial charge in [0, 0.05) is 17.4 Å². The van der Waals surface area contributed by atoms with E-state index in [0.29, 0.717) is 17.2 Å². The number of nitrogens with zero attached hydrogens (tertiary/aromatic N) is 2. The molecule has 0 spiro atoms. The Labute approximate surface area is 147 Å². The van der Waals surface area contributed by atoms with Gasteiger partial charge < -0.3 is 9.15 Å². The molecule has 0 saturated carbocycles. The van der Waals surface area contributed by atoms with Crippen LogP contribution in [-0.2, 0) is 9.84 Å². The zero-order chi connectivity index (χ0) is 17.3. The SMILES string of the molecule is COc1ccc(-c2nnc(-c3cccc(S(C)(=O)=O)c3)o2)cc1Br. The Morgan fingerprint density at radius 2 is 1.71 bits per heavy atom. The molecule has 2 aromatic carbocycles. The van der Waals surface area contributed by atoms with Gasteiger partial charge in [-0.2, -0.15) is 0 Å². The lowest BCUT2D eigenvalue weighted by atomic mass is 10.2. The molecule has 0 unspecified atom stereocenters. The van der Waals surface area contributed by atoms with Crippen molar-refractivity contribution in [3.8, 4) is 28.7 Å². The van der Waals surface area contributed by atoms with Gasteiger partial charge in [-0.25, -0.2) is 8.42 Å². The van der Waals surface area contributed by atoms with Crippen molar-refractivity contribution in [2.75, 3.05) is 13.4 Å². The van der Waals surface area contributed by atoms with Gasteiger partial charge >= 0.3 is 0 Å². The summed E-state index contributed by atoms with van der Waals surface area (Å²) in [5, 5.41) is 8.02. The highest BCUT2D eigenvalue weighted by Gasteiger charge is 2.14. The molecule has 0 aliphatic carbocycles. The van der Waals surface area contributed by atoms with Gasteiger partial charge in [0.05, 0.1) is 16.5 Å². The highest BCUT2D eigenvalue weighted by Crippen LogP contribution is 2.31. The van der Waals surface area contributed by atoms with Crippen LogP contribution in [0.25, 0.3) is 22.9 Å². The van der Waals surface area contributed by atoms with Crippen LogP contribution in [-0.4, -0.2) is 32.0 Å². The van der Waals surface area contributed by atoms with E-state index in [1.165, 1.54) is 12.1 Å². The van der Waals surface area contributed by atoms with E-state index in [1.807, 2.05) is 6.07 Å². The number of ether oxygens (including phenoxy) is 1. The molecule has 8 heteroatoms. The fourth-order valence-corrected chi connectivity index (χ4v) is 3.32. The summed E-state index contributed by atoms with van der Waals surface area (Å²) in [5.41, 5.74) is 1.27. The summed E-state index contributed by atoms with van der Waals surface area (Å²) in [7, 11) is -1.72. The lowest BCUT2D eigenvalue weighted by molar-refractivity contribution is 0.412. The zero-order valence-electron chi connectivity index (χ0n) is 12.9. The second-order valence-electron chi connectivity index (χ2n) is 5.06. The van der Waals surface area contributed by atoms with Crippen LogP contribution < -0.4 is 4.74 Å². The van der Waals surface area contributed by atoms with Crippen LogP contribution in [0.2, 0.25) is 0 Å². The van der Waals surface area contributed by atoms with Crippen LogP contribution in [0.15, 0.2) is 56.2 Å². The summed E-state index contributed by atoms with van der Waals surface area (Å²) in [4.78, 5) is 0.201. The van der Waals surface area contributed by atoms with Gasteiger partial charge in [-0.05, 0) is 52.3 Å². The van der Waals surface area contributed by atoms with Gasteiger partial charge in [-0.15, -0.1) is 10.2 Å². The number of halogens is 1. The van der Waals surface area contributed by atoms with E-state index in [1.54, 1.807) is 31.4 Å². The molecule has 6 nitrogen and oxygen atoms in total. The van der Waals surface area contributed by atoms with Gasteiger partial charge in [0.25, 0.3) is 0 Å². The summed E-state index contributed by atoms with van der Waals surface area (Å²) in [5.74, 6) is 1.28. The molecule has 0 aliphatic rings. The first-order valence-corrected chi connectivity index (χ1v) is 9.55. The molecule has 0 amide bonds. The summed E-state index contributed by atoms with van der Waals surface area (Å²) < 4.78 is 34.9. The first-order chi connectivity index (χ1) is 11.4. The number of rotatable bonds is 4. The van der Waals surface area contributed by atoms with Crippen molar-refractivity contribution < 1.29 is 17.6 Å². The van der Waals surface area contributed by atoms with E-state index in [0.717, 1.165) is 16.3 Å². The van der Waals surface area contributed by atoms with Crippen LogP contribution in [0, 0.1) is 0 Å². The zero-order valence-corrected chi connectivity index (χ0v) is 15.3. The van der Waals surface area contributed by atoms with Gasteiger partial charge in [0.2, 0.25) is 11.8 Å². The highest BCUT2D eigenvalue weighted by atomic mass is 79.9. The third-order valence-electron chi connectivity index (χ3n) is 3.33. The standard InChI is InChI=1S/C16H13BrN2O4S/c1-22-14-7-6-11(9-13(14)17)16-19-18-15(23-16)10-4-3-5-12(8-10)24(2,20)21/h3-9H,1-2H3. The first kappa shape index (κ1) is 16.7. The number of hydrogen-bond acceptors (Lipinski definition) is 6. The minimum absolute atomic E-state index is 0.201. The summed E-state index contributed by atoms with van der Waals surface area (Å²) in [6.07, 6.45) is 1.15. The molecule has 0 N–H and O–H groups in total. The molecule has 0 saturated heterocycles. The lowest BCUT2D eigenvalue weighted by Gasteiger charge is -2.03. The van der Waals surface area contributed by atoms with Crippen molar-refractivity contribution in [2.24, 2.45) is 0 Å². The van der Waals surface area contributed by atoms with E-state index < -0.39 is 9.84 Å². The van der Waals surface area contributed by atoms with Gasteiger partial charge in [-0.3, -0.25) is 0 Å². The number of hydrogen-bond donors (Lipinski definition) is 0. The third kappa shape index (κ3) is 3.34. The van der Waals surface area contributed by atoms with E-state index in [4.69, 9.17) is 9.15 Å². The second-order valence-corrected chi connectivity index (χ2v) is 7.93. The molecule has 0 aliphatic heterocycles. The maximum absolute atomic E-state index is 11.7. The van der Waals surface area contributed by atoms with Gasteiger partial charge in [0.15, 0.2) is 9.84 Å². The number of benzene rings is 2. The Balaban J connectivity index is 1.98. The summed E-state index contributed by atoms with van der Waals surface area (Å²) in [6, 6.07) is 11.8. The van der Waals surface area contributed by atoms with Crippen LogP contribution in [0.3, 0.4) is 0 Å². The molecule has 0 atom stereocenters. The monoisotopic (exact) mass is 408 g/mol. The maximum atomic E-state index is 11.7. The Kier molecular flexibility index (Phi) is 4.42. The quantitative estimate of drug-likeness (QED) is 0.655. The Morgan fingerprint density at radius 3 is 2.29 bits per heavy atom. The van der Waals surface area contributed by atoms with E-state index >= 15 is 0 Å². The average Bonchev–Trinajstić information content (AvgIpc) is 3.04. The Morgan fingerprint density at radius 1 is 1.04 bits per heavy atom. The summed E-state index contributed by atoms with van der Waals surface area (Å²) >= 11 is 3.41. The van der Waals surface area contributed by atoms with Crippen LogP contribution in [0.1, 0.15) is 0 Å². The first-order valence-electron chi connectivity index (χ1n) is 6.86. The molecular weight excluding hydrogens is 396 g/mol. The fourth-order valence-electron chi connectivity index (χ4n) is 2.12. The van der Waals surface area contributed by atoms with Crippen LogP contribution in [0.4, 0.5) is 0 Å². The van der Waals surface area contributed by atoms with Crippen LogP contribution >= 0.6 is 15.9 Å². The average molecular weight is 409 g/mol. The van der Waals surface area contributed by atoms with E-state index in [-0.39, 0.29) is 10.8 Å². The molecule has 1 heterocycles. The third-order valence-corrected chi connectivity index (χ3v) is 5.06. The molecule has 3 aromatic rings. The largest absolute Gasteiger partial charge is 0.496 e. The number of methoxy groups -OCH3 is 1. The Hall–Kier alpha value is -2.19. The van der Waals surface area contributed by atoms with Crippen molar-refractivity contribution in [3.05, 3.63) is 46.9 Å². The number of sulfone groups is 1. The van der Waals surface area contributed by atoms with Crippen molar-refractivity contribution in [3.63, 3.8) is 0 Å². The predicted molar refractivity (Wildman–Crippen MR) is 92.5 cm³/mol. The topological polar surface area (TPSA) is 82.3 Å². The molecule has 0 fully saturated rings. The van der Waals surface area contributed by atoms with Gasteiger partial charge in [0.1, 0.15) is 5.75 Å². The molecule has 0 bridgehead atoms. The van der Waals surface area contributed by atoms with E-state index in [2.05, 4.69) is 26.1 Å². The van der Waals surface area contributed by atoms with E-state index in [9.17, 15) is 8.42 Å². The molecular formula is C16H13BrN2O4S. The van der Waals surface area contributed by atoms with Crippen molar-refractivity contribution in [1.82, 2.24) is 10.2 Å². The molecule has 24 heavy (non-hydrogen) atoms. The minimum atomic E-state index is -3.30. The maximum Gasteiger partial charge on any atom is 0.248 e. The minimum Gasteiger partial charge on any atom is -0.496 e. The highest BCUT2D eigenvalue weighted by molar-refractivity contribution is 9.10. The van der Waals surface area contributed by atoms with Crippen molar-refractivity contribution >= 4 is 25.8 Å². The smallest absolute Gasteiger partial charge is 0.248 e. The predicted octanol–water partition coefficient (Wildman–Crippen LogP) is 3.58. The molecule has 124 valence electrons. The second kappa shape index (κ2) is 6.37. The molecule has 1 aromatic heterocycles. The fraction of sp³-hybridized carbons (Fsp3) is 0.125.